The zero-order valence-electron chi connectivity index (χ0n) is 11.7. The van der Waals surface area contributed by atoms with E-state index in [0.29, 0.717) is 17.9 Å². The number of hydrogen-bond donors (Lipinski definition) is 2. The van der Waals surface area contributed by atoms with Crippen LogP contribution in [0.25, 0.3) is 0 Å². The van der Waals surface area contributed by atoms with Crippen molar-refractivity contribution >= 4 is 39.1 Å². The summed E-state index contributed by atoms with van der Waals surface area (Å²) in [7, 11) is 0. The number of carbonyl (C=O) groups is 2. The summed E-state index contributed by atoms with van der Waals surface area (Å²) in [6, 6.07) is 12.9. The highest BCUT2D eigenvalue weighted by Crippen LogP contribution is 2.21. The maximum absolute atomic E-state index is 11.7. The molecule has 116 valence electrons. The van der Waals surface area contributed by atoms with Gasteiger partial charge in [-0.3, -0.25) is 20.4 Å². The number of thiophene rings is 1. The number of rotatable bonds is 6. The van der Waals surface area contributed by atoms with Gasteiger partial charge in [-0.1, -0.05) is 18.2 Å². The van der Waals surface area contributed by atoms with E-state index < -0.39 is 0 Å². The molecular formula is C15H15BrN2O3S. The standard InChI is InChI=1S/C15H15BrN2O3S/c16-13-9-8-12(22-13)15(20)18-17-14(19)7-4-10-21-11-5-2-1-3-6-11/h1-3,5-6,8-9H,4,7,10H2,(H,17,19)(H,18,20). The quantitative estimate of drug-likeness (QED) is 0.595. The minimum Gasteiger partial charge on any atom is -0.494 e. The number of carbonyl (C=O) groups excluding carboxylic acids is 2. The summed E-state index contributed by atoms with van der Waals surface area (Å²) in [5, 5.41) is 0. The molecule has 2 aromatic rings. The molecule has 2 N–H and O–H groups in total. The minimum atomic E-state index is -0.329. The lowest BCUT2D eigenvalue weighted by molar-refractivity contribution is -0.122. The van der Waals surface area contributed by atoms with Gasteiger partial charge in [-0.25, -0.2) is 0 Å². The van der Waals surface area contributed by atoms with Crippen LogP contribution in [0.5, 0.6) is 5.75 Å². The Bertz CT molecular complexity index is 631. The van der Waals surface area contributed by atoms with Crippen LogP contribution in [0.2, 0.25) is 0 Å². The molecule has 0 fully saturated rings. The van der Waals surface area contributed by atoms with E-state index in [-0.39, 0.29) is 18.2 Å². The first-order valence-corrected chi connectivity index (χ1v) is 8.28. The lowest BCUT2D eigenvalue weighted by Crippen LogP contribution is -2.41. The molecule has 0 spiro atoms. The van der Waals surface area contributed by atoms with Gasteiger partial charge in [0.2, 0.25) is 5.91 Å². The van der Waals surface area contributed by atoms with Crippen molar-refractivity contribution in [3.05, 3.63) is 51.1 Å². The number of ether oxygens (including phenoxy) is 1. The van der Waals surface area contributed by atoms with E-state index >= 15 is 0 Å². The van der Waals surface area contributed by atoms with Crippen molar-refractivity contribution in [2.24, 2.45) is 0 Å². The van der Waals surface area contributed by atoms with Gasteiger partial charge in [-0.05, 0) is 46.6 Å². The van der Waals surface area contributed by atoms with Crippen molar-refractivity contribution in [1.29, 1.82) is 0 Å². The molecule has 5 nitrogen and oxygen atoms in total. The summed E-state index contributed by atoms with van der Waals surface area (Å²) in [5.41, 5.74) is 4.77. The van der Waals surface area contributed by atoms with Crippen molar-refractivity contribution in [2.45, 2.75) is 12.8 Å². The van der Waals surface area contributed by atoms with E-state index in [0.717, 1.165) is 9.54 Å². The van der Waals surface area contributed by atoms with E-state index in [2.05, 4.69) is 26.8 Å². The molecule has 0 saturated heterocycles. The molecule has 22 heavy (non-hydrogen) atoms. The average Bonchev–Trinajstić information content (AvgIpc) is 2.97. The summed E-state index contributed by atoms with van der Waals surface area (Å²) in [4.78, 5) is 23.9. The van der Waals surface area contributed by atoms with Gasteiger partial charge in [0.15, 0.2) is 0 Å². The van der Waals surface area contributed by atoms with Crippen LogP contribution >= 0.6 is 27.3 Å². The molecule has 7 heteroatoms. The second kappa shape index (κ2) is 8.55. The molecule has 0 saturated carbocycles. The summed E-state index contributed by atoms with van der Waals surface area (Å²) >= 11 is 4.58. The van der Waals surface area contributed by atoms with Gasteiger partial charge in [-0.15, -0.1) is 11.3 Å². The first-order valence-electron chi connectivity index (χ1n) is 6.67. The van der Waals surface area contributed by atoms with E-state index in [1.54, 1.807) is 12.1 Å². The maximum atomic E-state index is 11.7. The fourth-order valence-electron chi connectivity index (χ4n) is 1.63. The number of para-hydroxylation sites is 1. The third-order valence-corrected chi connectivity index (χ3v) is 4.29. The highest BCUT2D eigenvalue weighted by Gasteiger charge is 2.09. The number of nitrogens with one attached hydrogen (secondary N) is 2. The fourth-order valence-corrected chi connectivity index (χ4v) is 2.91. The summed E-state index contributed by atoms with van der Waals surface area (Å²) in [6.07, 6.45) is 0.850. The Morgan fingerprint density at radius 3 is 2.55 bits per heavy atom. The Hall–Kier alpha value is -1.86. The highest BCUT2D eigenvalue weighted by molar-refractivity contribution is 9.11. The van der Waals surface area contributed by atoms with Gasteiger partial charge in [0, 0.05) is 6.42 Å². The van der Waals surface area contributed by atoms with Crippen LogP contribution < -0.4 is 15.6 Å². The normalized spacial score (nSPS) is 10.0. The predicted octanol–water partition coefficient (Wildman–Crippen LogP) is 3.13. The van der Waals surface area contributed by atoms with Gasteiger partial charge in [0.25, 0.3) is 5.91 Å². The van der Waals surface area contributed by atoms with Gasteiger partial charge in [-0.2, -0.15) is 0 Å². The van der Waals surface area contributed by atoms with Crippen LogP contribution in [-0.2, 0) is 4.79 Å². The third kappa shape index (κ3) is 5.50. The molecule has 2 amide bonds. The lowest BCUT2D eigenvalue weighted by atomic mass is 10.3. The molecule has 1 aromatic heterocycles. The molecule has 0 aliphatic carbocycles. The van der Waals surface area contributed by atoms with E-state index in [9.17, 15) is 9.59 Å². The average molecular weight is 383 g/mol. The van der Waals surface area contributed by atoms with Crippen molar-refractivity contribution in [1.82, 2.24) is 10.9 Å². The molecule has 0 aliphatic heterocycles. The number of benzene rings is 1. The van der Waals surface area contributed by atoms with E-state index in [4.69, 9.17) is 4.74 Å². The van der Waals surface area contributed by atoms with Crippen molar-refractivity contribution in [3.8, 4) is 5.75 Å². The maximum Gasteiger partial charge on any atom is 0.279 e. The summed E-state index contributed by atoms with van der Waals surface area (Å²) in [5.74, 6) is 0.199. The zero-order valence-corrected chi connectivity index (χ0v) is 14.1. The first kappa shape index (κ1) is 16.5. The molecule has 2 rings (SSSR count). The van der Waals surface area contributed by atoms with E-state index in [1.165, 1.54) is 11.3 Å². The van der Waals surface area contributed by atoms with Crippen LogP contribution in [0.15, 0.2) is 46.3 Å². The molecule has 0 bridgehead atoms. The van der Waals surface area contributed by atoms with Gasteiger partial charge in [0.1, 0.15) is 5.75 Å². The third-order valence-electron chi connectivity index (χ3n) is 2.67. The van der Waals surface area contributed by atoms with Crippen LogP contribution in [0, 0.1) is 0 Å². The largest absolute Gasteiger partial charge is 0.494 e. The first-order chi connectivity index (χ1) is 10.6. The fraction of sp³-hybridized carbons (Fsp3) is 0.200. The Morgan fingerprint density at radius 1 is 1.09 bits per heavy atom. The van der Waals surface area contributed by atoms with Crippen LogP contribution in [0.1, 0.15) is 22.5 Å². The van der Waals surface area contributed by atoms with Gasteiger partial charge in [0.05, 0.1) is 15.3 Å². The van der Waals surface area contributed by atoms with Crippen molar-refractivity contribution < 1.29 is 14.3 Å². The van der Waals surface area contributed by atoms with Gasteiger partial charge >= 0.3 is 0 Å². The number of halogens is 1. The van der Waals surface area contributed by atoms with Crippen LogP contribution in [0.4, 0.5) is 0 Å². The molecular weight excluding hydrogens is 368 g/mol. The predicted molar refractivity (Wildman–Crippen MR) is 88.8 cm³/mol. The molecule has 1 aromatic carbocycles. The van der Waals surface area contributed by atoms with Crippen LogP contribution in [-0.4, -0.2) is 18.4 Å². The molecule has 1 heterocycles. The Balaban J connectivity index is 1.61. The number of hydrogen-bond acceptors (Lipinski definition) is 4. The number of hydrazine groups is 1. The molecule has 0 unspecified atom stereocenters. The second-order valence-electron chi connectivity index (χ2n) is 4.37. The SMILES string of the molecule is O=C(CCCOc1ccccc1)NNC(=O)c1ccc(Br)s1. The highest BCUT2D eigenvalue weighted by atomic mass is 79.9. The molecule has 0 atom stereocenters. The van der Waals surface area contributed by atoms with E-state index in [1.807, 2.05) is 30.3 Å². The molecule has 0 radical (unpaired) electrons. The Kier molecular flexibility index (Phi) is 6.42. The summed E-state index contributed by atoms with van der Waals surface area (Å²) < 4.78 is 6.35. The number of amides is 2. The van der Waals surface area contributed by atoms with Gasteiger partial charge < -0.3 is 4.74 Å². The Morgan fingerprint density at radius 2 is 1.86 bits per heavy atom. The Labute approximate surface area is 140 Å². The summed E-state index contributed by atoms with van der Waals surface area (Å²) in [6.45, 7) is 0.448. The minimum absolute atomic E-state index is 0.249. The van der Waals surface area contributed by atoms with Crippen LogP contribution in [0.3, 0.4) is 0 Å². The monoisotopic (exact) mass is 382 g/mol. The lowest BCUT2D eigenvalue weighted by Gasteiger charge is -2.07. The van der Waals surface area contributed by atoms with Crippen molar-refractivity contribution in [3.63, 3.8) is 0 Å². The van der Waals surface area contributed by atoms with Crippen molar-refractivity contribution in [2.75, 3.05) is 6.61 Å². The zero-order chi connectivity index (χ0) is 15.8. The molecule has 0 aliphatic rings. The second-order valence-corrected chi connectivity index (χ2v) is 6.83. The topological polar surface area (TPSA) is 67.4 Å². The smallest absolute Gasteiger partial charge is 0.279 e.